The molecular weight excluding hydrogens is 531 g/mol. The van der Waals surface area contributed by atoms with Crippen molar-refractivity contribution in [3.05, 3.63) is 0 Å². The topological polar surface area (TPSA) is 0 Å². The average molecular weight is 536 g/mol. The second kappa shape index (κ2) is 30.0. The Hall–Kier alpha value is 6.47. The van der Waals surface area contributed by atoms with Crippen LogP contribution >= 0.6 is 0 Å². The fraction of sp³-hybridized carbons (Fsp3) is 0. The van der Waals surface area contributed by atoms with Crippen molar-refractivity contribution >= 4 is 120 Å². The van der Waals surface area contributed by atoms with Crippen LogP contribution in [0.15, 0.2) is 0 Å². The maximum atomic E-state index is 0. The van der Waals surface area contributed by atoms with Crippen LogP contribution < -0.4 is 0 Å². The predicted molar refractivity (Wildman–Crippen MR) is 24.2 cm³/mol. The van der Waals surface area contributed by atoms with E-state index in [1.807, 2.05) is 0 Å². The third-order valence-corrected chi connectivity index (χ3v) is 0. The minimum Gasteiger partial charge on any atom is 0 e. The van der Waals surface area contributed by atoms with E-state index in [0.717, 1.165) is 0 Å². The maximum Gasteiger partial charge on any atom is 0 e. The summed E-state index contributed by atoms with van der Waals surface area (Å²) in [5.41, 5.74) is 0. The van der Waals surface area contributed by atoms with Crippen LogP contribution in [0.2, 0.25) is 0 Å². The van der Waals surface area contributed by atoms with Crippen molar-refractivity contribution in [2.75, 3.05) is 0 Å². The van der Waals surface area contributed by atoms with E-state index in [2.05, 4.69) is 0 Å². The molecule has 0 fully saturated rings. The number of hydrogen-bond acceptors (Lipinski definition) is 0. The first-order chi connectivity index (χ1) is 0. The van der Waals surface area contributed by atoms with Gasteiger partial charge in [0.25, 0.3) is 0 Å². The number of rotatable bonds is 0. The summed E-state index contributed by atoms with van der Waals surface area (Å²) >= 11 is 0. The van der Waals surface area contributed by atoms with Gasteiger partial charge in [0.05, 0.1) is 0 Å². The van der Waals surface area contributed by atoms with Gasteiger partial charge in [-0.25, -0.2) is 0 Å². The van der Waals surface area contributed by atoms with Crippen molar-refractivity contribution in [2.24, 2.45) is 0 Å². The van der Waals surface area contributed by atoms with Crippen LogP contribution in [-0.4, -0.2) is 120 Å². The Labute approximate surface area is 193 Å². The zero-order chi connectivity index (χ0) is 0. The molecule has 0 saturated carbocycles. The molecule has 0 N–H and O–H groups in total. The van der Waals surface area contributed by atoms with Gasteiger partial charge in [-0.1, -0.05) is 0 Å². The third-order valence-electron chi connectivity index (χ3n) is 0. The van der Waals surface area contributed by atoms with Crippen LogP contribution in [0.5, 0.6) is 0 Å². The Morgan fingerprint density at radius 1 is 1.00 bits per heavy atom. The van der Waals surface area contributed by atoms with Crippen molar-refractivity contribution in [1.82, 2.24) is 0 Å². The van der Waals surface area contributed by atoms with Crippen molar-refractivity contribution in [2.45, 2.75) is 0 Å². The molecule has 0 aromatic carbocycles. The molecule has 0 rings (SSSR count). The largest absolute Gasteiger partial charge is 0 e. The molecule has 0 atom stereocenters. The van der Waals surface area contributed by atoms with E-state index in [0.29, 0.717) is 0 Å². The predicted octanol–water partition coefficient (Wildman–Crippen LogP) is -2.49. The summed E-state index contributed by atoms with van der Waals surface area (Å²) in [6.07, 6.45) is 0. The van der Waals surface area contributed by atoms with Gasteiger partial charge in [-0.15, -0.1) is 0 Å². The molecule has 0 aliphatic carbocycles. The molecule has 0 amide bonds. The summed E-state index contributed by atoms with van der Waals surface area (Å²) in [7, 11) is 0. The van der Waals surface area contributed by atoms with Crippen molar-refractivity contribution < 1.29 is 79.9 Å². The molecule has 0 aromatic rings. The van der Waals surface area contributed by atoms with Gasteiger partial charge in [0, 0.05) is 79.9 Å². The summed E-state index contributed by atoms with van der Waals surface area (Å²) in [6.45, 7) is 0. The molecule has 0 bridgehead atoms. The zero-order valence-corrected chi connectivity index (χ0v) is 8.44. The molecule has 0 unspecified atom stereocenters. The molecule has 28 valence electrons. The summed E-state index contributed by atoms with van der Waals surface area (Å²) in [5, 5.41) is 0. The van der Waals surface area contributed by atoms with Gasteiger partial charge in [0.2, 0.25) is 0 Å². The van der Waals surface area contributed by atoms with Gasteiger partial charge in [0.15, 0.2) is 0 Å². The van der Waals surface area contributed by atoms with Crippen LogP contribution in [0, 0.1) is 41.7 Å². The maximum absolute atomic E-state index is 0. The van der Waals surface area contributed by atoms with Crippen LogP contribution in [-0.2, 0) is 38.1 Å². The van der Waals surface area contributed by atoms with E-state index in [-0.39, 0.29) is 200 Å². The van der Waals surface area contributed by atoms with Gasteiger partial charge >= 0.3 is 120 Å². The standard InChI is InChI=1S/Ce.Fe.K.Mg.Sr.W.5H. The van der Waals surface area contributed by atoms with Gasteiger partial charge in [0.1, 0.15) is 0 Å². The van der Waals surface area contributed by atoms with Crippen LogP contribution in [0.1, 0.15) is 0 Å². The third kappa shape index (κ3) is 22.4. The first-order valence-corrected chi connectivity index (χ1v) is 0. The van der Waals surface area contributed by atoms with Crippen molar-refractivity contribution in [1.29, 1.82) is 0 Å². The van der Waals surface area contributed by atoms with Crippen LogP contribution in [0.3, 0.4) is 0 Å². The van der Waals surface area contributed by atoms with E-state index in [4.69, 9.17) is 0 Å². The quantitative estimate of drug-likeness (QED) is 0.302. The molecular formula is H5CeFeKMgSrW. The molecule has 6 heavy (non-hydrogen) atoms. The monoisotopic (exact) mass is 536 g/mol. The molecule has 0 aliphatic rings. The molecule has 6 heteroatoms. The number of hydrogen-bond donors (Lipinski definition) is 0. The fourth-order valence-electron chi connectivity index (χ4n) is 0. The van der Waals surface area contributed by atoms with Gasteiger partial charge in [-0.3, -0.25) is 0 Å². The second-order valence-corrected chi connectivity index (χ2v) is 0. The van der Waals surface area contributed by atoms with E-state index in [1.165, 1.54) is 0 Å². The summed E-state index contributed by atoms with van der Waals surface area (Å²) in [5.74, 6) is 0. The summed E-state index contributed by atoms with van der Waals surface area (Å²) < 4.78 is 0. The van der Waals surface area contributed by atoms with Crippen molar-refractivity contribution in [3.63, 3.8) is 0 Å². The average Bonchev–Trinajstić information content (AvgIpc) is 0. The van der Waals surface area contributed by atoms with Crippen LogP contribution in [0.25, 0.3) is 0 Å². The normalized spacial score (nSPS) is 0. The second-order valence-electron chi connectivity index (χ2n) is 0. The molecule has 0 saturated heterocycles. The zero-order valence-electron chi connectivity index (χ0n) is 1.26. The van der Waals surface area contributed by atoms with E-state index in [1.54, 1.807) is 0 Å². The Bertz CT molecular complexity index is 15.5. The Kier molecular flexibility index (Phi) is 196. The first kappa shape index (κ1) is 39.2. The Morgan fingerprint density at radius 3 is 1.00 bits per heavy atom. The summed E-state index contributed by atoms with van der Waals surface area (Å²) in [6, 6.07) is 0. The fourth-order valence-corrected chi connectivity index (χ4v) is 0. The molecule has 0 aromatic heterocycles. The minimum atomic E-state index is 0. The Balaban J connectivity index is 0. The van der Waals surface area contributed by atoms with Gasteiger partial charge in [-0.05, 0) is 0 Å². The van der Waals surface area contributed by atoms with Crippen LogP contribution in [0.4, 0.5) is 0 Å². The van der Waals surface area contributed by atoms with E-state index < -0.39 is 0 Å². The molecule has 0 spiro atoms. The summed E-state index contributed by atoms with van der Waals surface area (Å²) in [4.78, 5) is 0. The SMILES string of the molecule is [Ce].[Fe].[KH].[MgH2].[SrH2].[W]. The van der Waals surface area contributed by atoms with Gasteiger partial charge < -0.3 is 0 Å². The first-order valence-electron chi connectivity index (χ1n) is 0. The Morgan fingerprint density at radius 2 is 1.00 bits per heavy atom. The molecule has 0 radical (unpaired) electrons. The minimum absolute atomic E-state index is 0. The van der Waals surface area contributed by atoms with Crippen molar-refractivity contribution in [3.8, 4) is 0 Å². The smallest absolute Gasteiger partial charge is 0 e. The molecule has 0 heterocycles. The van der Waals surface area contributed by atoms with E-state index in [9.17, 15) is 0 Å². The molecule has 0 nitrogen and oxygen atoms in total. The van der Waals surface area contributed by atoms with E-state index >= 15 is 0 Å². The molecule has 0 aliphatic heterocycles. The van der Waals surface area contributed by atoms with Gasteiger partial charge in [-0.2, -0.15) is 0 Å².